The SMILES string of the molecule is O=[SH](=O)c1ccc2occc2c1.[H+]. The van der Waals surface area contributed by atoms with Gasteiger partial charge in [0.25, 0.3) is 0 Å². The van der Waals surface area contributed by atoms with Crippen LogP contribution in [0.5, 0.6) is 0 Å². The molecule has 1 heterocycles. The molecule has 4 heteroatoms. The van der Waals surface area contributed by atoms with Crippen molar-refractivity contribution in [2.75, 3.05) is 0 Å². The Balaban J connectivity index is 0.000000845. The molecule has 0 amide bonds. The Hall–Kier alpha value is -1.29. The van der Waals surface area contributed by atoms with Crippen molar-refractivity contribution in [2.24, 2.45) is 0 Å². The van der Waals surface area contributed by atoms with Crippen molar-refractivity contribution in [1.82, 2.24) is 0 Å². The summed E-state index contributed by atoms with van der Waals surface area (Å²) < 4.78 is 26.2. The van der Waals surface area contributed by atoms with Gasteiger partial charge in [-0.3, -0.25) is 0 Å². The van der Waals surface area contributed by atoms with E-state index in [1.54, 1.807) is 18.2 Å². The van der Waals surface area contributed by atoms with Gasteiger partial charge in [-0.05, 0) is 24.3 Å². The first-order valence-corrected chi connectivity index (χ1v) is 4.57. The van der Waals surface area contributed by atoms with E-state index in [-0.39, 0.29) is 1.43 Å². The molecule has 0 N–H and O–H groups in total. The van der Waals surface area contributed by atoms with Crippen molar-refractivity contribution in [2.45, 2.75) is 4.90 Å². The van der Waals surface area contributed by atoms with Gasteiger partial charge in [0.15, 0.2) is 10.7 Å². The zero-order chi connectivity index (χ0) is 8.55. The summed E-state index contributed by atoms with van der Waals surface area (Å²) in [6.45, 7) is 0. The van der Waals surface area contributed by atoms with Gasteiger partial charge in [0.05, 0.1) is 11.2 Å². The van der Waals surface area contributed by atoms with E-state index in [2.05, 4.69) is 0 Å². The Bertz CT molecular complexity index is 479. The molecule has 12 heavy (non-hydrogen) atoms. The van der Waals surface area contributed by atoms with Crippen LogP contribution in [-0.2, 0) is 10.7 Å². The third-order valence-electron chi connectivity index (χ3n) is 1.65. The third-order valence-corrected chi connectivity index (χ3v) is 2.35. The molecule has 1 aromatic carbocycles. The van der Waals surface area contributed by atoms with Gasteiger partial charge < -0.3 is 4.42 Å². The molecule has 0 atom stereocenters. The van der Waals surface area contributed by atoms with Crippen LogP contribution in [0.2, 0.25) is 0 Å². The van der Waals surface area contributed by atoms with E-state index in [0.29, 0.717) is 10.5 Å². The van der Waals surface area contributed by atoms with Crippen LogP contribution in [0.1, 0.15) is 1.43 Å². The van der Waals surface area contributed by atoms with Crippen molar-refractivity contribution in [3.63, 3.8) is 0 Å². The lowest BCUT2D eigenvalue weighted by Gasteiger charge is -1.89. The van der Waals surface area contributed by atoms with Crippen molar-refractivity contribution < 1.29 is 14.3 Å². The molecule has 0 aliphatic rings. The highest BCUT2D eigenvalue weighted by molar-refractivity contribution is 7.72. The van der Waals surface area contributed by atoms with E-state index in [1.807, 2.05) is 0 Å². The van der Waals surface area contributed by atoms with Gasteiger partial charge in [-0.25, -0.2) is 8.42 Å². The average Bonchev–Trinajstić information content (AvgIpc) is 2.49. The second-order valence-electron chi connectivity index (χ2n) is 2.40. The maximum atomic E-state index is 10.6. The summed E-state index contributed by atoms with van der Waals surface area (Å²) in [7, 11) is -2.49. The fourth-order valence-electron chi connectivity index (χ4n) is 1.07. The van der Waals surface area contributed by atoms with Crippen LogP contribution in [0.4, 0.5) is 0 Å². The molecule has 0 fully saturated rings. The molecule has 0 radical (unpaired) electrons. The zero-order valence-electron chi connectivity index (χ0n) is 7.06. The highest BCUT2D eigenvalue weighted by atomic mass is 32.2. The minimum absolute atomic E-state index is 0. The van der Waals surface area contributed by atoms with Gasteiger partial charge in [0.1, 0.15) is 5.58 Å². The third kappa shape index (κ3) is 1.10. The van der Waals surface area contributed by atoms with Crippen molar-refractivity contribution in [3.05, 3.63) is 30.5 Å². The predicted molar refractivity (Wildman–Crippen MR) is 45.9 cm³/mol. The summed E-state index contributed by atoms with van der Waals surface area (Å²) in [6.07, 6.45) is 1.53. The first kappa shape index (κ1) is 7.36. The molecule has 0 saturated carbocycles. The van der Waals surface area contributed by atoms with Gasteiger partial charge in [0.2, 0.25) is 0 Å². The Morgan fingerprint density at radius 3 is 2.83 bits per heavy atom. The second-order valence-corrected chi connectivity index (χ2v) is 3.43. The highest BCUT2D eigenvalue weighted by Gasteiger charge is 1.99. The fourth-order valence-corrected chi connectivity index (χ4v) is 1.51. The van der Waals surface area contributed by atoms with Gasteiger partial charge in [-0.2, -0.15) is 0 Å². The van der Waals surface area contributed by atoms with E-state index in [9.17, 15) is 8.42 Å². The van der Waals surface area contributed by atoms with E-state index in [4.69, 9.17) is 4.42 Å². The first-order valence-electron chi connectivity index (χ1n) is 3.39. The first-order chi connectivity index (χ1) is 5.77. The standard InChI is InChI=1S/C8H6O3S/c9-12(10)7-1-2-8-6(5-7)3-4-11-8/h1-5,12H/p+1. The number of hydrogen-bond acceptors (Lipinski definition) is 3. The monoisotopic (exact) mass is 183 g/mol. The molecular formula is C8H7O3S+. The van der Waals surface area contributed by atoms with E-state index >= 15 is 0 Å². The van der Waals surface area contributed by atoms with Crippen LogP contribution >= 0.6 is 0 Å². The van der Waals surface area contributed by atoms with E-state index in [0.717, 1.165) is 5.39 Å². The Labute approximate surface area is 72.0 Å². The number of rotatable bonds is 1. The van der Waals surface area contributed by atoms with Crippen molar-refractivity contribution in [1.29, 1.82) is 0 Å². The molecule has 0 spiro atoms. The molecule has 0 unspecified atom stereocenters. The van der Waals surface area contributed by atoms with Crippen LogP contribution < -0.4 is 0 Å². The van der Waals surface area contributed by atoms with E-state index < -0.39 is 10.7 Å². The predicted octanol–water partition coefficient (Wildman–Crippen LogP) is 1.52. The van der Waals surface area contributed by atoms with Gasteiger partial charge >= 0.3 is 1.43 Å². The van der Waals surface area contributed by atoms with Gasteiger partial charge in [0, 0.05) is 5.39 Å². The lowest BCUT2D eigenvalue weighted by atomic mass is 10.3. The molecule has 0 bridgehead atoms. The second kappa shape index (κ2) is 2.64. The smallest absolute Gasteiger partial charge is 0.464 e. The fraction of sp³-hybridized carbons (Fsp3) is 0. The van der Waals surface area contributed by atoms with Gasteiger partial charge in [-0.1, -0.05) is 0 Å². The summed E-state index contributed by atoms with van der Waals surface area (Å²) in [5.41, 5.74) is 0.704. The largest absolute Gasteiger partial charge is 1.00 e. The molecular weight excluding hydrogens is 176 g/mol. The summed E-state index contributed by atoms with van der Waals surface area (Å²) in [5, 5.41) is 0.812. The number of benzene rings is 1. The van der Waals surface area contributed by atoms with Crippen molar-refractivity contribution in [3.8, 4) is 0 Å². The molecule has 0 aliphatic heterocycles. The minimum atomic E-state index is -2.49. The summed E-state index contributed by atoms with van der Waals surface area (Å²) in [4.78, 5) is 0.318. The van der Waals surface area contributed by atoms with Crippen LogP contribution in [0, 0.1) is 0 Å². The average molecular weight is 183 g/mol. The molecule has 1 aromatic heterocycles. The minimum Gasteiger partial charge on any atom is -0.464 e. The molecule has 2 aromatic rings. The van der Waals surface area contributed by atoms with Crippen LogP contribution in [-0.4, -0.2) is 8.42 Å². The van der Waals surface area contributed by atoms with Crippen LogP contribution in [0.15, 0.2) is 39.8 Å². The summed E-state index contributed by atoms with van der Waals surface area (Å²) in [6, 6.07) is 6.50. The summed E-state index contributed by atoms with van der Waals surface area (Å²) >= 11 is 0. The lowest BCUT2D eigenvalue weighted by Crippen LogP contribution is -1.77. The highest BCUT2D eigenvalue weighted by Crippen LogP contribution is 2.17. The Morgan fingerprint density at radius 2 is 2.08 bits per heavy atom. The number of thiol groups is 1. The quantitative estimate of drug-likeness (QED) is 0.682. The van der Waals surface area contributed by atoms with Gasteiger partial charge in [-0.15, -0.1) is 0 Å². The Morgan fingerprint density at radius 1 is 1.25 bits per heavy atom. The Kier molecular flexibility index (Phi) is 1.62. The maximum Gasteiger partial charge on any atom is 1.00 e. The van der Waals surface area contributed by atoms with Crippen molar-refractivity contribution >= 4 is 21.7 Å². The van der Waals surface area contributed by atoms with E-state index in [1.165, 1.54) is 12.3 Å². The number of furan rings is 1. The topological polar surface area (TPSA) is 47.3 Å². The maximum absolute atomic E-state index is 10.6. The molecule has 2 rings (SSSR count). The lowest BCUT2D eigenvalue weighted by molar-refractivity contribution is 0.613. The molecule has 0 aliphatic carbocycles. The normalized spacial score (nSPS) is 11.1. The molecule has 3 nitrogen and oxygen atoms in total. The summed E-state index contributed by atoms with van der Waals surface area (Å²) in [5.74, 6) is 0. The molecule has 62 valence electrons. The number of fused-ring (bicyclic) bond motifs is 1. The molecule has 0 saturated heterocycles. The zero-order valence-corrected chi connectivity index (χ0v) is 6.95. The van der Waals surface area contributed by atoms with Crippen LogP contribution in [0.3, 0.4) is 0 Å². The van der Waals surface area contributed by atoms with Crippen LogP contribution in [0.25, 0.3) is 11.0 Å². The number of hydrogen-bond donors (Lipinski definition) is 1.